The molecule has 2 rings (SSSR count). The summed E-state index contributed by atoms with van der Waals surface area (Å²) >= 11 is 0. The van der Waals surface area contributed by atoms with Crippen molar-refractivity contribution in [2.45, 2.75) is 12.8 Å². The number of para-hydroxylation sites is 1. The second-order valence-corrected chi connectivity index (χ2v) is 5.48. The lowest BCUT2D eigenvalue weighted by Crippen LogP contribution is -2.38. The standard InChI is InChI=1S/C17H25NO5/c1-20-14-5-4-6-15(21-2)16(14)23-12-11-18-9-7-13(8-10-18)17(19)22-3/h4-6,13H,7-12H2,1-3H3. The summed E-state index contributed by atoms with van der Waals surface area (Å²) in [6.07, 6.45) is 1.68. The molecule has 128 valence electrons. The van der Waals surface area contributed by atoms with Gasteiger partial charge in [-0.2, -0.15) is 0 Å². The molecular formula is C17H25NO5. The third-order valence-corrected chi connectivity index (χ3v) is 4.16. The molecule has 1 aromatic rings. The molecular weight excluding hydrogens is 298 g/mol. The molecule has 6 heteroatoms. The Morgan fingerprint density at radius 2 is 1.74 bits per heavy atom. The van der Waals surface area contributed by atoms with Crippen LogP contribution in [0, 0.1) is 5.92 Å². The van der Waals surface area contributed by atoms with E-state index in [1.54, 1.807) is 14.2 Å². The number of likely N-dealkylation sites (tertiary alicyclic amines) is 1. The summed E-state index contributed by atoms with van der Waals surface area (Å²) in [5.41, 5.74) is 0. The summed E-state index contributed by atoms with van der Waals surface area (Å²) < 4.78 is 21.3. The minimum Gasteiger partial charge on any atom is -0.493 e. The van der Waals surface area contributed by atoms with Gasteiger partial charge in [0.1, 0.15) is 6.61 Å². The second kappa shape index (κ2) is 8.62. The number of hydrogen-bond donors (Lipinski definition) is 0. The van der Waals surface area contributed by atoms with Crippen LogP contribution in [0.1, 0.15) is 12.8 Å². The van der Waals surface area contributed by atoms with E-state index in [0.29, 0.717) is 23.9 Å². The maximum Gasteiger partial charge on any atom is 0.308 e. The van der Waals surface area contributed by atoms with Crippen molar-refractivity contribution in [3.63, 3.8) is 0 Å². The highest BCUT2D eigenvalue weighted by Crippen LogP contribution is 2.36. The lowest BCUT2D eigenvalue weighted by Gasteiger charge is -2.30. The lowest BCUT2D eigenvalue weighted by atomic mass is 9.97. The molecule has 0 aromatic heterocycles. The van der Waals surface area contributed by atoms with Gasteiger partial charge in [-0.05, 0) is 38.1 Å². The fourth-order valence-corrected chi connectivity index (χ4v) is 2.80. The van der Waals surface area contributed by atoms with E-state index in [1.165, 1.54) is 7.11 Å². The molecule has 0 amide bonds. The Morgan fingerprint density at radius 3 is 2.26 bits per heavy atom. The number of piperidine rings is 1. The van der Waals surface area contributed by atoms with Crippen LogP contribution in [0.4, 0.5) is 0 Å². The van der Waals surface area contributed by atoms with Gasteiger partial charge in [0, 0.05) is 6.54 Å². The monoisotopic (exact) mass is 323 g/mol. The molecule has 0 spiro atoms. The average Bonchev–Trinajstić information content (AvgIpc) is 2.61. The predicted octanol–water partition coefficient (Wildman–Crippen LogP) is 1.97. The molecule has 1 aromatic carbocycles. The van der Waals surface area contributed by atoms with Crippen molar-refractivity contribution in [1.29, 1.82) is 0 Å². The third kappa shape index (κ3) is 4.51. The molecule has 1 aliphatic rings. The van der Waals surface area contributed by atoms with E-state index in [1.807, 2.05) is 18.2 Å². The van der Waals surface area contributed by atoms with Crippen molar-refractivity contribution < 1.29 is 23.7 Å². The zero-order chi connectivity index (χ0) is 16.7. The third-order valence-electron chi connectivity index (χ3n) is 4.16. The molecule has 1 fully saturated rings. The van der Waals surface area contributed by atoms with Gasteiger partial charge < -0.3 is 18.9 Å². The van der Waals surface area contributed by atoms with Crippen molar-refractivity contribution in [2.24, 2.45) is 5.92 Å². The highest BCUT2D eigenvalue weighted by Gasteiger charge is 2.25. The molecule has 1 saturated heterocycles. The van der Waals surface area contributed by atoms with Crippen molar-refractivity contribution >= 4 is 5.97 Å². The molecule has 1 heterocycles. The summed E-state index contributed by atoms with van der Waals surface area (Å²) in [5, 5.41) is 0. The fourth-order valence-electron chi connectivity index (χ4n) is 2.80. The van der Waals surface area contributed by atoms with E-state index in [2.05, 4.69) is 4.90 Å². The molecule has 1 aliphatic heterocycles. The Kier molecular flexibility index (Phi) is 6.52. The van der Waals surface area contributed by atoms with Crippen LogP contribution in [-0.4, -0.2) is 58.4 Å². The first-order valence-corrected chi connectivity index (χ1v) is 7.83. The molecule has 23 heavy (non-hydrogen) atoms. The molecule has 0 N–H and O–H groups in total. The van der Waals surface area contributed by atoms with E-state index in [-0.39, 0.29) is 11.9 Å². The summed E-state index contributed by atoms with van der Waals surface area (Å²) in [7, 11) is 4.67. The number of rotatable bonds is 7. The lowest BCUT2D eigenvalue weighted by molar-refractivity contribution is -0.147. The number of esters is 1. The van der Waals surface area contributed by atoms with E-state index >= 15 is 0 Å². The van der Waals surface area contributed by atoms with Gasteiger partial charge in [-0.1, -0.05) is 6.07 Å². The summed E-state index contributed by atoms with van der Waals surface area (Å²) in [4.78, 5) is 13.8. The van der Waals surface area contributed by atoms with Crippen molar-refractivity contribution in [2.75, 3.05) is 47.6 Å². The van der Waals surface area contributed by atoms with Gasteiger partial charge in [0.05, 0.1) is 27.2 Å². The maximum absolute atomic E-state index is 11.5. The van der Waals surface area contributed by atoms with Gasteiger partial charge in [-0.3, -0.25) is 9.69 Å². The van der Waals surface area contributed by atoms with Crippen LogP contribution >= 0.6 is 0 Å². The van der Waals surface area contributed by atoms with Crippen molar-refractivity contribution in [3.8, 4) is 17.2 Å². The van der Waals surface area contributed by atoms with Gasteiger partial charge in [-0.15, -0.1) is 0 Å². The van der Waals surface area contributed by atoms with E-state index in [0.717, 1.165) is 32.5 Å². The SMILES string of the molecule is COC(=O)C1CCN(CCOc2c(OC)cccc2OC)CC1. The molecule has 0 bridgehead atoms. The Morgan fingerprint density at radius 1 is 1.13 bits per heavy atom. The fraction of sp³-hybridized carbons (Fsp3) is 0.588. The van der Waals surface area contributed by atoms with Crippen LogP contribution in [0.3, 0.4) is 0 Å². The minimum atomic E-state index is -0.0975. The van der Waals surface area contributed by atoms with Crippen LogP contribution in [0.15, 0.2) is 18.2 Å². The van der Waals surface area contributed by atoms with Gasteiger partial charge in [-0.25, -0.2) is 0 Å². The summed E-state index contributed by atoms with van der Waals surface area (Å²) in [6.45, 7) is 3.10. The molecule has 0 aliphatic carbocycles. The number of carbonyl (C=O) groups is 1. The van der Waals surface area contributed by atoms with Gasteiger partial charge in [0.15, 0.2) is 11.5 Å². The Labute approximate surface area is 137 Å². The van der Waals surface area contributed by atoms with E-state index in [4.69, 9.17) is 18.9 Å². The van der Waals surface area contributed by atoms with Crippen molar-refractivity contribution in [3.05, 3.63) is 18.2 Å². The average molecular weight is 323 g/mol. The van der Waals surface area contributed by atoms with Crippen molar-refractivity contribution in [1.82, 2.24) is 4.90 Å². The molecule has 0 unspecified atom stereocenters. The number of nitrogens with zero attached hydrogens (tertiary/aromatic N) is 1. The van der Waals surface area contributed by atoms with Gasteiger partial charge in [0.25, 0.3) is 0 Å². The Balaban J connectivity index is 1.81. The molecule has 6 nitrogen and oxygen atoms in total. The molecule has 0 saturated carbocycles. The Hall–Kier alpha value is -1.95. The zero-order valence-electron chi connectivity index (χ0n) is 14.0. The van der Waals surface area contributed by atoms with Gasteiger partial charge in [0.2, 0.25) is 5.75 Å². The molecule has 0 atom stereocenters. The summed E-state index contributed by atoms with van der Waals surface area (Å²) in [5.74, 6) is 1.88. The van der Waals surface area contributed by atoms with Crippen LogP contribution < -0.4 is 14.2 Å². The smallest absolute Gasteiger partial charge is 0.308 e. The first-order valence-electron chi connectivity index (χ1n) is 7.83. The van der Waals surface area contributed by atoms with Crippen LogP contribution in [0.25, 0.3) is 0 Å². The first kappa shape index (κ1) is 17.4. The predicted molar refractivity (Wildman–Crippen MR) is 86.2 cm³/mol. The maximum atomic E-state index is 11.5. The number of methoxy groups -OCH3 is 3. The van der Waals surface area contributed by atoms with Crippen LogP contribution in [0.2, 0.25) is 0 Å². The normalized spacial score (nSPS) is 16.0. The number of carbonyl (C=O) groups excluding carboxylic acids is 1. The summed E-state index contributed by atoms with van der Waals surface area (Å²) in [6, 6.07) is 5.56. The largest absolute Gasteiger partial charge is 0.493 e. The second-order valence-electron chi connectivity index (χ2n) is 5.48. The van der Waals surface area contributed by atoms with Crippen LogP contribution in [0.5, 0.6) is 17.2 Å². The number of hydrogen-bond acceptors (Lipinski definition) is 6. The highest BCUT2D eigenvalue weighted by atomic mass is 16.5. The van der Waals surface area contributed by atoms with E-state index in [9.17, 15) is 4.79 Å². The highest BCUT2D eigenvalue weighted by molar-refractivity contribution is 5.72. The molecule has 0 radical (unpaired) electrons. The topological polar surface area (TPSA) is 57.2 Å². The number of benzene rings is 1. The quantitative estimate of drug-likeness (QED) is 0.715. The minimum absolute atomic E-state index is 0.0338. The zero-order valence-corrected chi connectivity index (χ0v) is 14.0. The van der Waals surface area contributed by atoms with Gasteiger partial charge >= 0.3 is 5.97 Å². The van der Waals surface area contributed by atoms with Crippen LogP contribution in [-0.2, 0) is 9.53 Å². The first-order chi connectivity index (χ1) is 11.2. The van der Waals surface area contributed by atoms with E-state index < -0.39 is 0 Å². The Bertz CT molecular complexity index is 489. The number of ether oxygens (including phenoxy) is 4.